The van der Waals surface area contributed by atoms with Crippen LogP contribution in [0.5, 0.6) is 0 Å². The summed E-state index contributed by atoms with van der Waals surface area (Å²) in [6.07, 6.45) is 3.93. The average Bonchev–Trinajstić information content (AvgIpc) is 3.22. The van der Waals surface area contributed by atoms with E-state index in [9.17, 15) is 9.18 Å². The van der Waals surface area contributed by atoms with Crippen LogP contribution in [0, 0.1) is 5.41 Å². The van der Waals surface area contributed by atoms with Crippen LogP contribution in [0.15, 0.2) is 85.2 Å². The second-order valence-corrected chi connectivity index (χ2v) is 8.45. The van der Waals surface area contributed by atoms with Crippen LogP contribution in [-0.4, -0.2) is 28.5 Å². The molecule has 0 radical (unpaired) electrons. The molecule has 5 heteroatoms. The number of pyridine rings is 1. The SMILES string of the molecule is CC(C)(CNC(=O)CF)C(c1ccccc1)c1ccn2c(-c3ccccc3)ncc2c1. The number of benzene rings is 2. The molecule has 0 aliphatic heterocycles. The summed E-state index contributed by atoms with van der Waals surface area (Å²) in [7, 11) is 0. The molecular formula is C26H26FN3O. The van der Waals surface area contributed by atoms with Gasteiger partial charge in [-0.3, -0.25) is 9.20 Å². The summed E-state index contributed by atoms with van der Waals surface area (Å²) in [5, 5.41) is 2.72. The van der Waals surface area contributed by atoms with Crippen molar-refractivity contribution in [3.8, 4) is 11.4 Å². The molecule has 0 bridgehead atoms. The van der Waals surface area contributed by atoms with Gasteiger partial charge < -0.3 is 5.32 Å². The van der Waals surface area contributed by atoms with E-state index in [1.165, 1.54) is 0 Å². The Morgan fingerprint density at radius 3 is 2.39 bits per heavy atom. The number of alkyl halides is 1. The zero-order valence-electron chi connectivity index (χ0n) is 17.8. The minimum Gasteiger partial charge on any atom is -0.353 e. The number of imidazole rings is 1. The van der Waals surface area contributed by atoms with Crippen LogP contribution in [0.1, 0.15) is 30.9 Å². The third kappa shape index (κ3) is 4.36. The van der Waals surface area contributed by atoms with E-state index >= 15 is 0 Å². The molecule has 0 spiro atoms. The average molecular weight is 416 g/mol. The second-order valence-electron chi connectivity index (χ2n) is 8.45. The van der Waals surface area contributed by atoms with Crippen LogP contribution in [-0.2, 0) is 4.79 Å². The smallest absolute Gasteiger partial charge is 0.251 e. The van der Waals surface area contributed by atoms with Gasteiger partial charge in [-0.1, -0.05) is 74.5 Å². The molecule has 0 aliphatic rings. The normalized spacial score (nSPS) is 12.6. The summed E-state index contributed by atoms with van der Waals surface area (Å²) < 4.78 is 14.8. The summed E-state index contributed by atoms with van der Waals surface area (Å²) in [4.78, 5) is 16.2. The van der Waals surface area contributed by atoms with Crippen molar-refractivity contribution in [1.82, 2.24) is 14.7 Å². The van der Waals surface area contributed by atoms with E-state index in [1.54, 1.807) is 0 Å². The number of rotatable bonds is 7. The Morgan fingerprint density at radius 2 is 1.71 bits per heavy atom. The zero-order valence-corrected chi connectivity index (χ0v) is 17.8. The summed E-state index contributed by atoms with van der Waals surface area (Å²) in [6, 6.07) is 24.6. The lowest BCUT2D eigenvalue weighted by Gasteiger charge is -2.35. The Morgan fingerprint density at radius 1 is 1.03 bits per heavy atom. The topological polar surface area (TPSA) is 46.4 Å². The Labute approximate surface area is 181 Å². The molecule has 1 unspecified atom stereocenters. The van der Waals surface area contributed by atoms with Crippen molar-refractivity contribution in [2.24, 2.45) is 5.41 Å². The minimum absolute atomic E-state index is 0.00804. The van der Waals surface area contributed by atoms with E-state index in [1.807, 2.05) is 60.9 Å². The first kappa shape index (κ1) is 20.8. The molecule has 4 aromatic rings. The number of hydrogen-bond donors (Lipinski definition) is 1. The van der Waals surface area contributed by atoms with Crippen molar-refractivity contribution in [2.75, 3.05) is 13.2 Å². The van der Waals surface area contributed by atoms with E-state index in [2.05, 4.69) is 52.8 Å². The largest absolute Gasteiger partial charge is 0.353 e. The molecule has 31 heavy (non-hydrogen) atoms. The van der Waals surface area contributed by atoms with Gasteiger partial charge in [0.05, 0.1) is 11.7 Å². The molecular weight excluding hydrogens is 389 g/mol. The molecule has 2 aromatic carbocycles. The molecule has 2 heterocycles. The first-order valence-electron chi connectivity index (χ1n) is 10.4. The van der Waals surface area contributed by atoms with E-state index < -0.39 is 12.6 Å². The number of carbonyl (C=O) groups excluding carboxylic acids is 1. The van der Waals surface area contributed by atoms with Gasteiger partial charge in [-0.2, -0.15) is 0 Å². The number of halogens is 1. The van der Waals surface area contributed by atoms with Gasteiger partial charge in [0.25, 0.3) is 5.91 Å². The lowest BCUT2D eigenvalue weighted by atomic mass is 9.71. The summed E-state index contributed by atoms with van der Waals surface area (Å²) in [6.45, 7) is 3.56. The number of nitrogens with one attached hydrogen (secondary N) is 1. The molecule has 0 fully saturated rings. The summed E-state index contributed by atoms with van der Waals surface area (Å²) >= 11 is 0. The first-order chi connectivity index (χ1) is 15.0. The molecule has 1 atom stereocenters. The van der Waals surface area contributed by atoms with Crippen molar-refractivity contribution in [3.63, 3.8) is 0 Å². The summed E-state index contributed by atoms with van der Waals surface area (Å²) in [5.74, 6) is 0.320. The lowest BCUT2D eigenvalue weighted by Crippen LogP contribution is -2.38. The van der Waals surface area contributed by atoms with Crippen molar-refractivity contribution in [1.29, 1.82) is 0 Å². The van der Waals surface area contributed by atoms with Gasteiger partial charge >= 0.3 is 0 Å². The lowest BCUT2D eigenvalue weighted by molar-refractivity contribution is -0.122. The van der Waals surface area contributed by atoms with Gasteiger partial charge in [0, 0.05) is 24.2 Å². The highest BCUT2D eigenvalue weighted by Crippen LogP contribution is 2.41. The van der Waals surface area contributed by atoms with Crippen LogP contribution in [0.2, 0.25) is 0 Å². The van der Waals surface area contributed by atoms with Crippen molar-refractivity contribution in [3.05, 3.63) is 96.3 Å². The van der Waals surface area contributed by atoms with E-state index in [0.29, 0.717) is 6.54 Å². The fourth-order valence-corrected chi connectivity index (χ4v) is 4.21. The van der Waals surface area contributed by atoms with Gasteiger partial charge in [0.2, 0.25) is 0 Å². The van der Waals surface area contributed by atoms with Crippen LogP contribution < -0.4 is 5.32 Å². The number of hydrogen-bond acceptors (Lipinski definition) is 2. The molecule has 0 saturated heterocycles. The van der Waals surface area contributed by atoms with Crippen molar-refractivity contribution < 1.29 is 9.18 Å². The Hall–Kier alpha value is -3.47. The number of aromatic nitrogens is 2. The minimum atomic E-state index is -1.00. The molecule has 0 saturated carbocycles. The number of nitrogens with zero attached hydrogens (tertiary/aromatic N) is 2. The predicted octanol–water partition coefficient (Wildman–Crippen LogP) is 5.25. The predicted molar refractivity (Wildman–Crippen MR) is 122 cm³/mol. The number of amides is 1. The van der Waals surface area contributed by atoms with Gasteiger partial charge in [-0.15, -0.1) is 0 Å². The van der Waals surface area contributed by atoms with Crippen LogP contribution >= 0.6 is 0 Å². The fraction of sp³-hybridized carbons (Fsp3) is 0.231. The molecule has 4 rings (SSSR count). The molecule has 1 amide bonds. The first-order valence-corrected chi connectivity index (χ1v) is 10.4. The Kier molecular flexibility index (Phi) is 5.85. The highest BCUT2D eigenvalue weighted by molar-refractivity contribution is 5.77. The molecule has 2 aromatic heterocycles. The second kappa shape index (κ2) is 8.72. The molecule has 0 aliphatic carbocycles. The maximum absolute atomic E-state index is 12.7. The Bertz CT molecular complexity index is 1170. The van der Waals surface area contributed by atoms with Crippen LogP contribution in [0.3, 0.4) is 0 Å². The van der Waals surface area contributed by atoms with Crippen molar-refractivity contribution in [2.45, 2.75) is 19.8 Å². The standard InChI is InChI=1S/C26H26FN3O/c1-26(2,18-29-23(31)16-27)24(19-9-5-3-6-10-19)21-13-14-30-22(15-21)17-28-25(30)20-11-7-4-8-12-20/h3-15,17,24H,16,18H2,1-2H3,(H,29,31). The van der Waals surface area contributed by atoms with Gasteiger partial charge in [0.1, 0.15) is 5.82 Å². The number of carbonyl (C=O) groups is 1. The summed E-state index contributed by atoms with van der Waals surface area (Å²) in [5.41, 5.74) is 3.99. The van der Waals surface area contributed by atoms with Crippen LogP contribution in [0.25, 0.3) is 16.9 Å². The van der Waals surface area contributed by atoms with Gasteiger partial charge in [0.15, 0.2) is 6.67 Å². The maximum Gasteiger partial charge on any atom is 0.251 e. The molecule has 1 N–H and O–H groups in total. The zero-order chi connectivity index (χ0) is 21.8. The quantitative estimate of drug-likeness (QED) is 0.448. The number of fused-ring (bicyclic) bond motifs is 1. The molecule has 4 nitrogen and oxygen atoms in total. The monoisotopic (exact) mass is 415 g/mol. The van der Waals surface area contributed by atoms with E-state index in [0.717, 1.165) is 28.0 Å². The van der Waals surface area contributed by atoms with Gasteiger partial charge in [-0.25, -0.2) is 9.37 Å². The highest BCUT2D eigenvalue weighted by Gasteiger charge is 2.33. The van der Waals surface area contributed by atoms with E-state index in [-0.39, 0.29) is 11.3 Å². The third-order valence-electron chi connectivity index (χ3n) is 5.70. The highest BCUT2D eigenvalue weighted by atomic mass is 19.1. The third-order valence-corrected chi connectivity index (χ3v) is 5.70. The van der Waals surface area contributed by atoms with E-state index in [4.69, 9.17) is 0 Å². The maximum atomic E-state index is 12.7. The molecule has 158 valence electrons. The fourth-order valence-electron chi connectivity index (χ4n) is 4.21. The Balaban J connectivity index is 1.75. The van der Waals surface area contributed by atoms with Gasteiger partial charge in [-0.05, 0) is 28.7 Å². The van der Waals surface area contributed by atoms with Crippen molar-refractivity contribution >= 4 is 11.4 Å². The van der Waals surface area contributed by atoms with Crippen LogP contribution in [0.4, 0.5) is 4.39 Å².